The number of carbonyl (C=O) groups excluding carboxylic acids is 2. The average molecular weight is 180 g/mol. The van der Waals surface area contributed by atoms with Gasteiger partial charge >= 0.3 is 11.9 Å². The molecule has 0 aromatic carbocycles. The molecule has 2 saturated heterocycles. The minimum absolute atomic E-state index is 0.00435. The minimum Gasteiger partial charge on any atom is -0.393 e. The Morgan fingerprint density at radius 2 is 2.08 bits per heavy atom. The van der Waals surface area contributed by atoms with Gasteiger partial charge in [0.15, 0.2) is 0 Å². The van der Waals surface area contributed by atoms with Crippen LogP contribution in [0.2, 0.25) is 0 Å². The van der Waals surface area contributed by atoms with Crippen molar-refractivity contribution in [1.29, 1.82) is 0 Å². The maximum absolute atomic E-state index is 11.2. The van der Waals surface area contributed by atoms with Crippen LogP contribution in [0.25, 0.3) is 0 Å². The van der Waals surface area contributed by atoms with Crippen molar-refractivity contribution < 1.29 is 19.1 Å². The van der Waals surface area contributed by atoms with E-state index in [4.69, 9.17) is 4.74 Å². The Kier molecular flexibility index (Phi) is 1.23. The van der Waals surface area contributed by atoms with E-state index in [-0.39, 0.29) is 30.0 Å². The Labute approximate surface area is 74.5 Å². The Hall–Kier alpha value is -1.16. The number of esters is 2. The molecule has 3 aliphatic heterocycles. The van der Waals surface area contributed by atoms with E-state index in [1.54, 1.807) is 0 Å². The first-order valence-corrected chi connectivity index (χ1v) is 4.35. The monoisotopic (exact) mass is 180 g/mol. The standard InChI is InChI=1S/C9H8O4/c10-8-5-3-4-1-2-6(12-4)7(5)9(11)13-8/h1-2,4-7H,3H2/t4-,5+,6-,7-/m0/s1. The van der Waals surface area contributed by atoms with Crippen molar-refractivity contribution in [1.82, 2.24) is 0 Å². The number of ether oxygens (including phenoxy) is 2. The molecule has 3 heterocycles. The SMILES string of the molecule is O=C1OC(=O)[C@@H]2C[C@@H]3C=C[C@H](O3)[C@@H]12. The second-order valence-corrected chi connectivity index (χ2v) is 3.63. The molecule has 2 fully saturated rings. The highest BCUT2D eigenvalue weighted by Crippen LogP contribution is 2.40. The fraction of sp³-hybridized carbons (Fsp3) is 0.556. The van der Waals surface area contributed by atoms with Crippen molar-refractivity contribution in [2.45, 2.75) is 18.6 Å². The molecule has 13 heavy (non-hydrogen) atoms. The van der Waals surface area contributed by atoms with Crippen LogP contribution >= 0.6 is 0 Å². The van der Waals surface area contributed by atoms with Crippen LogP contribution in [0.15, 0.2) is 12.2 Å². The van der Waals surface area contributed by atoms with Gasteiger partial charge in [-0.1, -0.05) is 12.2 Å². The number of hydrogen-bond acceptors (Lipinski definition) is 4. The lowest BCUT2D eigenvalue weighted by atomic mass is 9.86. The highest BCUT2D eigenvalue weighted by Gasteiger charge is 2.53. The number of fused-ring (bicyclic) bond motifs is 4. The van der Waals surface area contributed by atoms with Crippen molar-refractivity contribution in [3.8, 4) is 0 Å². The van der Waals surface area contributed by atoms with Gasteiger partial charge in [0.2, 0.25) is 0 Å². The van der Waals surface area contributed by atoms with Gasteiger partial charge in [-0.05, 0) is 6.42 Å². The van der Waals surface area contributed by atoms with Gasteiger partial charge in [0.05, 0.1) is 18.1 Å². The molecule has 4 nitrogen and oxygen atoms in total. The van der Waals surface area contributed by atoms with Crippen molar-refractivity contribution in [2.75, 3.05) is 0 Å². The third-order valence-electron chi connectivity index (χ3n) is 2.90. The van der Waals surface area contributed by atoms with E-state index in [0.29, 0.717) is 6.42 Å². The summed E-state index contributed by atoms with van der Waals surface area (Å²) in [7, 11) is 0. The third-order valence-corrected chi connectivity index (χ3v) is 2.90. The lowest BCUT2D eigenvalue weighted by Crippen LogP contribution is -2.37. The van der Waals surface area contributed by atoms with Crippen LogP contribution in [0.5, 0.6) is 0 Å². The molecule has 0 spiro atoms. The summed E-state index contributed by atoms with van der Waals surface area (Å²) in [5, 5.41) is 0. The first-order valence-electron chi connectivity index (χ1n) is 4.35. The Balaban J connectivity index is 2.00. The van der Waals surface area contributed by atoms with Crippen LogP contribution in [0.4, 0.5) is 0 Å². The molecule has 0 aromatic heterocycles. The maximum Gasteiger partial charge on any atom is 0.320 e. The van der Waals surface area contributed by atoms with E-state index in [1.807, 2.05) is 12.2 Å². The lowest BCUT2D eigenvalue weighted by Gasteiger charge is -2.27. The summed E-state index contributed by atoms with van der Waals surface area (Å²) in [6.07, 6.45) is 4.13. The van der Waals surface area contributed by atoms with E-state index in [0.717, 1.165) is 0 Å². The summed E-state index contributed by atoms with van der Waals surface area (Å²) in [5.41, 5.74) is 0. The normalized spacial score (nSPS) is 46.5. The summed E-state index contributed by atoms with van der Waals surface area (Å²) in [6, 6.07) is 0. The Morgan fingerprint density at radius 1 is 1.23 bits per heavy atom. The van der Waals surface area contributed by atoms with E-state index < -0.39 is 5.97 Å². The highest BCUT2D eigenvalue weighted by atomic mass is 16.6. The molecule has 3 aliphatic rings. The molecule has 0 radical (unpaired) electrons. The molecule has 0 N–H and O–H groups in total. The van der Waals surface area contributed by atoms with Crippen LogP contribution in [0.1, 0.15) is 6.42 Å². The minimum atomic E-state index is -0.426. The number of hydrogen-bond donors (Lipinski definition) is 0. The van der Waals surface area contributed by atoms with Crippen molar-refractivity contribution in [3.63, 3.8) is 0 Å². The largest absolute Gasteiger partial charge is 0.393 e. The summed E-state index contributed by atoms with van der Waals surface area (Å²) in [6.45, 7) is 0. The van der Waals surface area contributed by atoms with Crippen LogP contribution in [0, 0.1) is 11.8 Å². The number of cyclic esters (lactones) is 2. The van der Waals surface area contributed by atoms with Gasteiger partial charge in [-0.25, -0.2) is 0 Å². The molecule has 0 unspecified atom stereocenters. The molecule has 3 rings (SSSR count). The zero-order valence-corrected chi connectivity index (χ0v) is 6.80. The zero-order valence-electron chi connectivity index (χ0n) is 6.80. The van der Waals surface area contributed by atoms with E-state index in [9.17, 15) is 9.59 Å². The molecular weight excluding hydrogens is 172 g/mol. The molecule has 0 amide bonds. The van der Waals surface area contributed by atoms with Crippen LogP contribution in [-0.4, -0.2) is 24.1 Å². The Morgan fingerprint density at radius 3 is 2.92 bits per heavy atom. The molecule has 68 valence electrons. The molecule has 4 heteroatoms. The Bertz CT molecular complexity index is 320. The first-order chi connectivity index (χ1) is 6.25. The van der Waals surface area contributed by atoms with E-state index in [2.05, 4.69) is 4.74 Å². The summed E-state index contributed by atoms with van der Waals surface area (Å²) >= 11 is 0. The quantitative estimate of drug-likeness (QED) is 0.300. The third kappa shape index (κ3) is 0.836. The van der Waals surface area contributed by atoms with Gasteiger partial charge in [0, 0.05) is 0 Å². The summed E-state index contributed by atoms with van der Waals surface area (Å²) < 4.78 is 10.0. The summed E-state index contributed by atoms with van der Waals surface area (Å²) in [4.78, 5) is 22.5. The van der Waals surface area contributed by atoms with Crippen LogP contribution in [-0.2, 0) is 19.1 Å². The zero-order chi connectivity index (χ0) is 9.00. The van der Waals surface area contributed by atoms with Gasteiger partial charge in [0.1, 0.15) is 5.92 Å². The van der Waals surface area contributed by atoms with Gasteiger partial charge in [-0.2, -0.15) is 0 Å². The van der Waals surface area contributed by atoms with Gasteiger partial charge in [-0.15, -0.1) is 0 Å². The smallest absolute Gasteiger partial charge is 0.320 e. The molecule has 0 aromatic rings. The van der Waals surface area contributed by atoms with Gasteiger partial charge in [-0.3, -0.25) is 9.59 Å². The molecule has 2 bridgehead atoms. The van der Waals surface area contributed by atoms with Crippen molar-refractivity contribution in [2.24, 2.45) is 11.8 Å². The van der Waals surface area contributed by atoms with Crippen LogP contribution < -0.4 is 0 Å². The van der Waals surface area contributed by atoms with Gasteiger partial charge in [0.25, 0.3) is 0 Å². The molecule has 0 saturated carbocycles. The predicted octanol–water partition coefficient (Wildman–Crippen LogP) is 0.0295. The predicted molar refractivity (Wildman–Crippen MR) is 40.5 cm³/mol. The van der Waals surface area contributed by atoms with Crippen LogP contribution in [0.3, 0.4) is 0 Å². The van der Waals surface area contributed by atoms with Crippen molar-refractivity contribution in [3.05, 3.63) is 12.2 Å². The second-order valence-electron chi connectivity index (χ2n) is 3.63. The lowest BCUT2D eigenvalue weighted by molar-refractivity contribution is -0.154. The first kappa shape index (κ1) is 7.26. The molecule has 4 atom stereocenters. The molecule has 0 aliphatic carbocycles. The summed E-state index contributed by atoms with van der Waals surface area (Å²) in [5.74, 6) is -1.46. The highest BCUT2D eigenvalue weighted by molar-refractivity contribution is 5.97. The van der Waals surface area contributed by atoms with Crippen molar-refractivity contribution >= 4 is 11.9 Å². The van der Waals surface area contributed by atoms with Gasteiger partial charge < -0.3 is 9.47 Å². The topological polar surface area (TPSA) is 52.6 Å². The second kappa shape index (κ2) is 2.20. The maximum atomic E-state index is 11.2. The fourth-order valence-corrected chi connectivity index (χ4v) is 2.27. The average Bonchev–Trinajstić information content (AvgIpc) is 2.58. The number of rotatable bonds is 0. The fourth-order valence-electron chi connectivity index (χ4n) is 2.27. The van der Waals surface area contributed by atoms with E-state index in [1.165, 1.54) is 0 Å². The van der Waals surface area contributed by atoms with E-state index >= 15 is 0 Å². The molecular formula is C9H8O4. The number of carbonyl (C=O) groups is 2.